The van der Waals surface area contributed by atoms with Crippen LogP contribution in [0.5, 0.6) is 0 Å². The zero-order valence-electron chi connectivity index (χ0n) is 6.89. The molecule has 0 heterocycles. The van der Waals surface area contributed by atoms with Gasteiger partial charge in [-0.15, -0.1) is 0 Å². The van der Waals surface area contributed by atoms with E-state index >= 15 is 0 Å². The predicted octanol–water partition coefficient (Wildman–Crippen LogP) is -5.19. The highest BCUT2D eigenvalue weighted by atomic mass is 16.6. The lowest BCUT2D eigenvalue weighted by Crippen LogP contribution is -2.76. The first-order valence-corrected chi connectivity index (χ1v) is 3.75. The van der Waals surface area contributed by atoms with Crippen LogP contribution in [0.25, 0.3) is 0 Å². The molecule has 0 radical (unpaired) electrons. The molecule has 8 heteroatoms. The van der Waals surface area contributed by atoms with Crippen LogP contribution < -0.4 is 0 Å². The normalized spacial score (nSPS) is 46.3. The van der Waals surface area contributed by atoms with E-state index < -0.39 is 36.0 Å². The van der Waals surface area contributed by atoms with Gasteiger partial charge in [-0.1, -0.05) is 0 Å². The van der Waals surface area contributed by atoms with E-state index in [1.54, 1.807) is 0 Å². The Balaban J connectivity index is 3.09. The molecule has 1 rings (SSSR count). The topological polar surface area (TPSA) is 162 Å². The van der Waals surface area contributed by atoms with Gasteiger partial charge in [0.2, 0.25) is 11.6 Å². The predicted molar refractivity (Wildman–Crippen MR) is 38.4 cm³/mol. The van der Waals surface area contributed by atoms with E-state index in [-0.39, 0.29) is 0 Å². The number of rotatable bonds is 0. The van der Waals surface area contributed by atoms with Gasteiger partial charge in [0.25, 0.3) is 0 Å². The maximum absolute atomic E-state index is 9.00. The highest BCUT2D eigenvalue weighted by Gasteiger charge is 2.64. The maximum Gasteiger partial charge on any atom is 0.224 e. The summed E-state index contributed by atoms with van der Waals surface area (Å²) in [6.07, 6.45) is -9.48. The summed E-state index contributed by atoms with van der Waals surface area (Å²) >= 11 is 0. The summed E-state index contributed by atoms with van der Waals surface area (Å²) in [4.78, 5) is 0. The molecule has 0 aromatic carbocycles. The van der Waals surface area contributed by atoms with Gasteiger partial charge in [-0.05, 0) is 0 Å². The van der Waals surface area contributed by atoms with E-state index in [9.17, 15) is 0 Å². The Kier molecular flexibility index (Phi) is 2.59. The van der Waals surface area contributed by atoms with Crippen LogP contribution in [0.15, 0.2) is 0 Å². The lowest BCUT2D eigenvalue weighted by molar-refractivity contribution is -0.413. The number of hydrogen-bond donors (Lipinski definition) is 8. The summed E-state index contributed by atoms with van der Waals surface area (Å²) in [5.41, 5.74) is 0. The smallest absolute Gasteiger partial charge is 0.224 e. The van der Waals surface area contributed by atoms with Gasteiger partial charge in [-0.3, -0.25) is 0 Å². The van der Waals surface area contributed by atoms with Crippen LogP contribution in [0.4, 0.5) is 0 Å². The van der Waals surface area contributed by atoms with Crippen molar-refractivity contribution in [3.05, 3.63) is 0 Å². The van der Waals surface area contributed by atoms with Crippen LogP contribution >= 0.6 is 0 Å². The van der Waals surface area contributed by atoms with Gasteiger partial charge in [0.1, 0.15) is 18.3 Å². The molecule has 8 N–H and O–H groups in total. The molecule has 0 saturated heterocycles. The fourth-order valence-electron chi connectivity index (χ4n) is 1.31. The third-order valence-electron chi connectivity index (χ3n) is 2.32. The standard InChI is InChI=1S/C6H12O8/c7-1-2(8)5(11,12)4(10)6(13,14)3(1)9/h1-4,7-14H/t1-,2-,3-,4-/m0/s1. The van der Waals surface area contributed by atoms with Crippen molar-refractivity contribution < 1.29 is 40.9 Å². The van der Waals surface area contributed by atoms with Crippen molar-refractivity contribution in [2.75, 3.05) is 0 Å². The van der Waals surface area contributed by atoms with Crippen molar-refractivity contribution in [1.29, 1.82) is 0 Å². The number of aliphatic hydroxyl groups is 8. The molecular formula is C6H12O8. The molecule has 1 saturated carbocycles. The lowest BCUT2D eigenvalue weighted by Gasteiger charge is -2.48. The SMILES string of the molecule is O[C@H]1[C@H](O)[C@H](O)C(O)(O)[C@@H](O)C1(O)O. The van der Waals surface area contributed by atoms with Crippen molar-refractivity contribution in [3.63, 3.8) is 0 Å². The molecule has 0 aliphatic heterocycles. The Morgan fingerprint density at radius 3 is 1.21 bits per heavy atom. The second-order valence-corrected chi connectivity index (χ2v) is 3.35. The van der Waals surface area contributed by atoms with Gasteiger partial charge in [-0.25, -0.2) is 0 Å². The first kappa shape index (κ1) is 11.8. The largest absolute Gasteiger partial charge is 0.387 e. The summed E-state index contributed by atoms with van der Waals surface area (Å²) in [6.45, 7) is 0. The summed E-state index contributed by atoms with van der Waals surface area (Å²) in [5, 5.41) is 71.9. The molecule has 0 aromatic heterocycles. The summed E-state index contributed by atoms with van der Waals surface area (Å²) in [7, 11) is 0. The van der Waals surface area contributed by atoms with E-state index in [1.165, 1.54) is 0 Å². The van der Waals surface area contributed by atoms with E-state index in [1.807, 2.05) is 0 Å². The number of hydrogen-bond acceptors (Lipinski definition) is 8. The highest BCUT2D eigenvalue weighted by Crippen LogP contribution is 2.33. The van der Waals surface area contributed by atoms with Crippen LogP contribution in [0.1, 0.15) is 0 Å². The van der Waals surface area contributed by atoms with Crippen molar-refractivity contribution in [3.8, 4) is 0 Å². The molecule has 84 valence electrons. The molecule has 8 nitrogen and oxygen atoms in total. The third-order valence-corrected chi connectivity index (χ3v) is 2.32. The fraction of sp³-hybridized carbons (Fsp3) is 1.00. The fourth-order valence-corrected chi connectivity index (χ4v) is 1.31. The second-order valence-electron chi connectivity index (χ2n) is 3.35. The molecule has 1 aliphatic rings. The average Bonchev–Trinajstić information content (AvgIpc) is 2.11. The molecule has 14 heavy (non-hydrogen) atoms. The zero-order chi connectivity index (χ0) is 11.3. The molecule has 0 bridgehead atoms. The third kappa shape index (κ3) is 1.33. The van der Waals surface area contributed by atoms with Gasteiger partial charge in [0.05, 0.1) is 0 Å². The molecule has 2 atom stereocenters. The van der Waals surface area contributed by atoms with Crippen LogP contribution in [-0.2, 0) is 0 Å². The minimum absolute atomic E-state index is 2.21. The molecule has 0 unspecified atom stereocenters. The van der Waals surface area contributed by atoms with Crippen molar-refractivity contribution >= 4 is 0 Å². The molecule has 0 spiro atoms. The minimum Gasteiger partial charge on any atom is -0.387 e. The zero-order valence-corrected chi connectivity index (χ0v) is 6.89. The van der Waals surface area contributed by atoms with Crippen molar-refractivity contribution in [2.45, 2.75) is 36.0 Å². The highest BCUT2D eigenvalue weighted by molar-refractivity contribution is 5.06. The Labute approximate surface area is 77.9 Å². The van der Waals surface area contributed by atoms with Crippen molar-refractivity contribution in [2.24, 2.45) is 0 Å². The molecule has 1 aliphatic carbocycles. The van der Waals surface area contributed by atoms with E-state index in [4.69, 9.17) is 40.9 Å². The minimum atomic E-state index is -3.32. The monoisotopic (exact) mass is 212 g/mol. The Hall–Kier alpha value is -0.320. The van der Waals surface area contributed by atoms with Gasteiger partial charge in [0.15, 0.2) is 6.10 Å². The second kappa shape index (κ2) is 3.08. The Bertz CT molecular complexity index is 204. The summed E-state index contributed by atoms with van der Waals surface area (Å²) < 4.78 is 0. The van der Waals surface area contributed by atoms with E-state index in [2.05, 4.69) is 0 Å². The first-order valence-electron chi connectivity index (χ1n) is 3.75. The van der Waals surface area contributed by atoms with Gasteiger partial charge in [0, 0.05) is 0 Å². The van der Waals surface area contributed by atoms with Crippen molar-refractivity contribution in [1.82, 2.24) is 0 Å². The maximum atomic E-state index is 9.00. The average molecular weight is 212 g/mol. The van der Waals surface area contributed by atoms with E-state index in [0.717, 1.165) is 0 Å². The quantitative estimate of drug-likeness (QED) is 0.185. The first-order chi connectivity index (χ1) is 6.13. The van der Waals surface area contributed by atoms with Gasteiger partial charge < -0.3 is 40.9 Å². The van der Waals surface area contributed by atoms with Crippen LogP contribution in [0.2, 0.25) is 0 Å². The Morgan fingerprint density at radius 2 is 0.929 bits per heavy atom. The molecule has 1 fully saturated rings. The van der Waals surface area contributed by atoms with Gasteiger partial charge >= 0.3 is 0 Å². The number of aliphatic hydroxyl groups excluding tert-OH is 4. The lowest BCUT2D eigenvalue weighted by atomic mass is 9.79. The van der Waals surface area contributed by atoms with Crippen LogP contribution in [-0.4, -0.2) is 76.8 Å². The van der Waals surface area contributed by atoms with E-state index in [0.29, 0.717) is 0 Å². The van der Waals surface area contributed by atoms with Crippen LogP contribution in [0, 0.1) is 0 Å². The summed E-state index contributed by atoms with van der Waals surface area (Å²) in [6, 6.07) is 0. The van der Waals surface area contributed by atoms with Crippen LogP contribution in [0.3, 0.4) is 0 Å². The molecule has 0 amide bonds. The van der Waals surface area contributed by atoms with Gasteiger partial charge in [-0.2, -0.15) is 0 Å². The molecular weight excluding hydrogens is 200 g/mol. The summed E-state index contributed by atoms with van der Waals surface area (Å²) in [5.74, 6) is -6.63. The Morgan fingerprint density at radius 1 is 0.643 bits per heavy atom. The molecule has 0 aromatic rings.